The molecule has 1 saturated heterocycles. The van der Waals surface area contributed by atoms with E-state index < -0.39 is 16.1 Å². The fraction of sp³-hybridized carbons (Fsp3) is 0.435. The molecular formula is C23H32N4O4S. The lowest BCUT2D eigenvalue weighted by atomic mass is 10.1. The normalized spacial score (nSPS) is 15.3. The van der Waals surface area contributed by atoms with E-state index in [9.17, 15) is 13.2 Å². The summed E-state index contributed by atoms with van der Waals surface area (Å²) in [6.07, 6.45) is 3.71. The standard InChI is InChI=1S/C23H32N4O4S/c1-17(24-19-10-13-21(31-4)22(16-19)32(29,30)26(2)3)23(28)25-18-8-11-20(12-9-18)27-14-6-5-7-15-27/h8-13,16-17,24H,5-7,14-15H2,1-4H3,(H,25,28)/t17-/m0/s1. The summed E-state index contributed by atoms with van der Waals surface area (Å²) in [7, 11) is 0.644. The number of nitrogens with one attached hydrogen (secondary N) is 2. The summed E-state index contributed by atoms with van der Waals surface area (Å²) in [5.74, 6) is 0.0266. The van der Waals surface area contributed by atoms with Crippen LogP contribution >= 0.6 is 0 Å². The summed E-state index contributed by atoms with van der Waals surface area (Å²) in [4.78, 5) is 15.1. The van der Waals surface area contributed by atoms with Crippen molar-refractivity contribution in [1.29, 1.82) is 0 Å². The first-order chi connectivity index (χ1) is 15.2. The summed E-state index contributed by atoms with van der Waals surface area (Å²) >= 11 is 0. The minimum atomic E-state index is -3.70. The molecule has 1 aliphatic rings. The second kappa shape index (κ2) is 10.2. The van der Waals surface area contributed by atoms with Crippen LogP contribution in [-0.2, 0) is 14.8 Å². The van der Waals surface area contributed by atoms with E-state index in [1.54, 1.807) is 19.1 Å². The number of hydrogen-bond donors (Lipinski definition) is 2. The van der Waals surface area contributed by atoms with Gasteiger partial charge in [-0.05, 0) is 68.7 Å². The largest absolute Gasteiger partial charge is 0.495 e. The zero-order valence-electron chi connectivity index (χ0n) is 19.1. The smallest absolute Gasteiger partial charge is 0.246 e. The summed E-state index contributed by atoms with van der Waals surface area (Å²) < 4.78 is 31.5. The van der Waals surface area contributed by atoms with Crippen molar-refractivity contribution in [2.45, 2.75) is 37.1 Å². The molecule has 8 nitrogen and oxygen atoms in total. The quantitative estimate of drug-likeness (QED) is 0.628. The Balaban J connectivity index is 1.66. The minimum Gasteiger partial charge on any atom is -0.495 e. The number of rotatable bonds is 8. The molecule has 1 heterocycles. The molecule has 2 aromatic rings. The molecule has 2 N–H and O–H groups in total. The molecule has 1 aliphatic heterocycles. The molecule has 0 unspecified atom stereocenters. The molecule has 0 spiro atoms. The van der Waals surface area contributed by atoms with Crippen LogP contribution in [0, 0.1) is 0 Å². The van der Waals surface area contributed by atoms with Gasteiger partial charge in [-0.1, -0.05) is 0 Å². The maximum atomic E-state index is 12.7. The highest BCUT2D eigenvalue weighted by Crippen LogP contribution is 2.29. The van der Waals surface area contributed by atoms with Gasteiger partial charge in [0, 0.05) is 44.2 Å². The number of benzene rings is 2. The minimum absolute atomic E-state index is 0.0379. The van der Waals surface area contributed by atoms with E-state index in [0.717, 1.165) is 23.1 Å². The molecule has 3 rings (SSSR count). The molecule has 32 heavy (non-hydrogen) atoms. The van der Waals surface area contributed by atoms with Crippen LogP contribution in [0.15, 0.2) is 47.4 Å². The average Bonchev–Trinajstić information content (AvgIpc) is 2.80. The van der Waals surface area contributed by atoms with Gasteiger partial charge in [-0.15, -0.1) is 0 Å². The Morgan fingerprint density at radius 1 is 1.03 bits per heavy atom. The summed E-state index contributed by atoms with van der Waals surface area (Å²) in [5.41, 5.74) is 2.39. The topological polar surface area (TPSA) is 91.0 Å². The Labute approximate surface area is 190 Å². The fourth-order valence-corrected chi connectivity index (χ4v) is 4.71. The van der Waals surface area contributed by atoms with Gasteiger partial charge in [0.15, 0.2) is 0 Å². The fourth-order valence-electron chi connectivity index (χ4n) is 3.64. The van der Waals surface area contributed by atoms with Gasteiger partial charge in [0.1, 0.15) is 16.7 Å². The molecule has 0 radical (unpaired) electrons. The van der Waals surface area contributed by atoms with Crippen molar-refractivity contribution in [2.75, 3.05) is 49.8 Å². The number of piperidine rings is 1. The monoisotopic (exact) mass is 460 g/mol. The average molecular weight is 461 g/mol. The molecule has 0 aliphatic carbocycles. The summed E-state index contributed by atoms with van der Waals surface area (Å²) in [6, 6.07) is 12.0. The van der Waals surface area contributed by atoms with Crippen LogP contribution in [0.25, 0.3) is 0 Å². The van der Waals surface area contributed by atoms with E-state index in [1.807, 2.05) is 24.3 Å². The molecule has 174 valence electrons. The first-order valence-corrected chi connectivity index (χ1v) is 12.2. The molecule has 1 atom stereocenters. The number of ether oxygens (including phenoxy) is 1. The van der Waals surface area contributed by atoms with Gasteiger partial charge in [-0.3, -0.25) is 4.79 Å². The van der Waals surface area contributed by atoms with Crippen molar-refractivity contribution in [3.05, 3.63) is 42.5 Å². The van der Waals surface area contributed by atoms with Crippen molar-refractivity contribution in [3.63, 3.8) is 0 Å². The first kappa shape index (κ1) is 23.9. The lowest BCUT2D eigenvalue weighted by Crippen LogP contribution is -2.32. The van der Waals surface area contributed by atoms with Gasteiger partial charge in [0.2, 0.25) is 15.9 Å². The number of sulfonamides is 1. The third-order valence-electron chi connectivity index (χ3n) is 5.55. The highest BCUT2D eigenvalue weighted by molar-refractivity contribution is 7.89. The van der Waals surface area contributed by atoms with E-state index >= 15 is 0 Å². The van der Waals surface area contributed by atoms with Gasteiger partial charge >= 0.3 is 0 Å². The van der Waals surface area contributed by atoms with Crippen molar-refractivity contribution >= 4 is 33.0 Å². The second-order valence-electron chi connectivity index (χ2n) is 8.10. The van der Waals surface area contributed by atoms with Crippen molar-refractivity contribution in [1.82, 2.24) is 4.31 Å². The molecule has 9 heteroatoms. The lowest BCUT2D eigenvalue weighted by Gasteiger charge is -2.28. The van der Waals surface area contributed by atoms with Crippen LogP contribution in [0.2, 0.25) is 0 Å². The Bertz CT molecular complexity index is 1030. The zero-order chi connectivity index (χ0) is 23.3. The highest BCUT2D eigenvalue weighted by Gasteiger charge is 2.23. The second-order valence-corrected chi connectivity index (χ2v) is 10.2. The Morgan fingerprint density at radius 3 is 2.25 bits per heavy atom. The Hall–Kier alpha value is -2.78. The van der Waals surface area contributed by atoms with E-state index in [2.05, 4.69) is 15.5 Å². The third kappa shape index (κ3) is 5.52. The zero-order valence-corrected chi connectivity index (χ0v) is 19.9. The van der Waals surface area contributed by atoms with Crippen LogP contribution < -0.4 is 20.3 Å². The summed E-state index contributed by atoms with van der Waals surface area (Å²) in [6.45, 7) is 3.86. The molecule has 1 amide bonds. The van der Waals surface area contributed by atoms with Gasteiger partial charge in [-0.25, -0.2) is 12.7 Å². The SMILES string of the molecule is COc1ccc(N[C@@H](C)C(=O)Nc2ccc(N3CCCCC3)cc2)cc1S(=O)(=O)N(C)C. The van der Waals surface area contributed by atoms with Crippen LogP contribution in [0.4, 0.5) is 17.1 Å². The highest BCUT2D eigenvalue weighted by atomic mass is 32.2. The predicted molar refractivity (Wildman–Crippen MR) is 128 cm³/mol. The third-order valence-corrected chi connectivity index (χ3v) is 7.39. The first-order valence-electron chi connectivity index (χ1n) is 10.8. The molecule has 2 aromatic carbocycles. The van der Waals surface area contributed by atoms with Gasteiger partial charge < -0.3 is 20.3 Å². The Morgan fingerprint density at radius 2 is 1.66 bits per heavy atom. The van der Waals surface area contributed by atoms with Gasteiger partial charge in [0.05, 0.1) is 7.11 Å². The maximum Gasteiger partial charge on any atom is 0.246 e. The number of carbonyl (C=O) groups is 1. The van der Waals surface area contributed by atoms with Crippen LogP contribution in [0.3, 0.4) is 0 Å². The summed E-state index contributed by atoms with van der Waals surface area (Å²) in [5, 5.41) is 5.98. The van der Waals surface area contributed by atoms with E-state index in [1.165, 1.54) is 52.2 Å². The molecular weight excluding hydrogens is 428 g/mol. The molecule has 0 bridgehead atoms. The van der Waals surface area contributed by atoms with Gasteiger partial charge in [-0.2, -0.15) is 0 Å². The molecule has 0 aromatic heterocycles. The van der Waals surface area contributed by atoms with E-state index in [-0.39, 0.29) is 16.6 Å². The predicted octanol–water partition coefficient (Wildman–Crippen LogP) is 3.37. The van der Waals surface area contributed by atoms with Crippen LogP contribution in [-0.4, -0.2) is 59.0 Å². The lowest BCUT2D eigenvalue weighted by molar-refractivity contribution is -0.116. The number of hydrogen-bond acceptors (Lipinski definition) is 6. The van der Waals surface area contributed by atoms with Crippen LogP contribution in [0.5, 0.6) is 5.75 Å². The van der Waals surface area contributed by atoms with Crippen LogP contribution in [0.1, 0.15) is 26.2 Å². The number of amides is 1. The number of carbonyl (C=O) groups excluding carboxylic acids is 1. The van der Waals surface area contributed by atoms with E-state index in [0.29, 0.717) is 5.69 Å². The molecule has 1 fully saturated rings. The van der Waals surface area contributed by atoms with E-state index in [4.69, 9.17) is 4.74 Å². The maximum absolute atomic E-state index is 12.7. The number of methoxy groups -OCH3 is 1. The van der Waals surface area contributed by atoms with Crippen molar-refractivity contribution in [2.24, 2.45) is 0 Å². The van der Waals surface area contributed by atoms with Gasteiger partial charge in [0.25, 0.3) is 0 Å². The molecule has 0 saturated carbocycles. The van der Waals surface area contributed by atoms with Crippen molar-refractivity contribution in [3.8, 4) is 5.75 Å². The Kier molecular flexibility index (Phi) is 7.63. The van der Waals surface area contributed by atoms with Crippen molar-refractivity contribution < 1.29 is 17.9 Å². The number of nitrogens with zero attached hydrogens (tertiary/aromatic N) is 2. The number of anilines is 3.